The van der Waals surface area contributed by atoms with Crippen molar-refractivity contribution in [1.29, 1.82) is 0 Å². The van der Waals surface area contributed by atoms with Gasteiger partial charge in [-0.15, -0.1) is 0 Å². The standard InChI is InChI=1S/C20H27NO5/c1-4-5-9-21-17(14-7-6-8-15(12-14)26-11-10-22)16(18(23)13(2)3)19(24)20(21)25/h6-8,12-13,17,22,24H,4-5,9-11H2,1-3H3. The predicted octanol–water partition coefficient (Wildman–Crippen LogP) is 2.78. The highest BCUT2D eigenvalue weighted by atomic mass is 16.5. The van der Waals surface area contributed by atoms with E-state index in [9.17, 15) is 14.7 Å². The molecule has 1 atom stereocenters. The molecule has 2 rings (SSSR count). The van der Waals surface area contributed by atoms with Crippen LogP contribution < -0.4 is 4.74 Å². The largest absolute Gasteiger partial charge is 0.503 e. The lowest BCUT2D eigenvalue weighted by molar-refractivity contribution is -0.129. The molecule has 0 saturated carbocycles. The first kappa shape index (κ1) is 20.0. The molecule has 1 unspecified atom stereocenters. The maximum absolute atomic E-state index is 12.7. The van der Waals surface area contributed by atoms with Gasteiger partial charge in [0.1, 0.15) is 12.4 Å². The van der Waals surface area contributed by atoms with Crippen LogP contribution in [-0.2, 0) is 9.59 Å². The molecule has 1 amide bonds. The number of unbranched alkanes of at least 4 members (excludes halogenated alkanes) is 1. The van der Waals surface area contributed by atoms with E-state index in [2.05, 4.69) is 0 Å². The molecule has 1 aromatic carbocycles. The minimum Gasteiger partial charge on any atom is -0.503 e. The molecule has 6 heteroatoms. The molecule has 0 fully saturated rings. The number of carbonyl (C=O) groups excluding carboxylic acids is 2. The zero-order chi connectivity index (χ0) is 19.3. The minimum absolute atomic E-state index is 0.105. The Morgan fingerprint density at radius 1 is 1.35 bits per heavy atom. The number of ketones is 1. The normalized spacial score (nSPS) is 17.3. The second-order valence-corrected chi connectivity index (χ2v) is 6.68. The van der Waals surface area contributed by atoms with Crippen LogP contribution in [0.4, 0.5) is 0 Å². The Morgan fingerprint density at radius 3 is 2.69 bits per heavy atom. The first-order valence-corrected chi connectivity index (χ1v) is 9.04. The third-order valence-corrected chi connectivity index (χ3v) is 4.38. The summed E-state index contributed by atoms with van der Waals surface area (Å²) in [4.78, 5) is 26.8. The molecule has 2 N–H and O–H groups in total. The molecule has 0 bridgehead atoms. The van der Waals surface area contributed by atoms with Crippen molar-refractivity contribution in [3.63, 3.8) is 0 Å². The Morgan fingerprint density at radius 2 is 2.08 bits per heavy atom. The highest BCUT2D eigenvalue weighted by Crippen LogP contribution is 2.39. The van der Waals surface area contributed by atoms with Crippen LogP contribution in [0.15, 0.2) is 35.6 Å². The highest BCUT2D eigenvalue weighted by Gasteiger charge is 2.43. The summed E-state index contributed by atoms with van der Waals surface area (Å²) in [5, 5.41) is 19.3. The Hall–Kier alpha value is -2.34. The Kier molecular flexibility index (Phi) is 6.80. The molecule has 6 nitrogen and oxygen atoms in total. The molecule has 0 spiro atoms. The van der Waals surface area contributed by atoms with E-state index in [1.807, 2.05) is 13.0 Å². The maximum Gasteiger partial charge on any atom is 0.290 e. The number of hydrogen-bond donors (Lipinski definition) is 2. The second kappa shape index (κ2) is 8.85. The molecule has 0 radical (unpaired) electrons. The van der Waals surface area contributed by atoms with Gasteiger partial charge in [0.25, 0.3) is 5.91 Å². The van der Waals surface area contributed by atoms with Crippen molar-refractivity contribution in [2.75, 3.05) is 19.8 Å². The second-order valence-electron chi connectivity index (χ2n) is 6.68. The van der Waals surface area contributed by atoms with Gasteiger partial charge in [0, 0.05) is 12.5 Å². The third kappa shape index (κ3) is 4.07. The summed E-state index contributed by atoms with van der Waals surface area (Å²) in [7, 11) is 0. The lowest BCUT2D eigenvalue weighted by Gasteiger charge is -2.27. The number of benzene rings is 1. The van der Waals surface area contributed by atoms with Gasteiger partial charge in [0.15, 0.2) is 11.5 Å². The van der Waals surface area contributed by atoms with Crippen LogP contribution >= 0.6 is 0 Å². The van der Waals surface area contributed by atoms with E-state index in [0.717, 1.165) is 12.8 Å². The number of rotatable bonds is 9. The number of carbonyl (C=O) groups is 2. The van der Waals surface area contributed by atoms with E-state index in [4.69, 9.17) is 9.84 Å². The van der Waals surface area contributed by atoms with Crippen molar-refractivity contribution in [2.24, 2.45) is 5.92 Å². The first-order valence-electron chi connectivity index (χ1n) is 9.04. The monoisotopic (exact) mass is 361 g/mol. The van der Waals surface area contributed by atoms with E-state index in [-0.39, 0.29) is 30.5 Å². The van der Waals surface area contributed by atoms with E-state index in [1.54, 1.807) is 36.9 Å². The molecular formula is C20H27NO5. The van der Waals surface area contributed by atoms with Gasteiger partial charge >= 0.3 is 0 Å². The van der Waals surface area contributed by atoms with Gasteiger partial charge in [-0.2, -0.15) is 0 Å². The van der Waals surface area contributed by atoms with Crippen molar-refractivity contribution in [3.05, 3.63) is 41.2 Å². The highest BCUT2D eigenvalue weighted by molar-refractivity contribution is 6.09. The molecule has 0 aliphatic carbocycles. The van der Waals surface area contributed by atoms with Crippen molar-refractivity contribution in [2.45, 2.75) is 39.7 Å². The fourth-order valence-electron chi connectivity index (χ4n) is 3.06. The first-order chi connectivity index (χ1) is 12.4. The zero-order valence-electron chi connectivity index (χ0n) is 15.6. The fraction of sp³-hybridized carbons (Fsp3) is 0.500. The molecule has 142 valence electrons. The van der Waals surface area contributed by atoms with Crippen molar-refractivity contribution in [3.8, 4) is 5.75 Å². The molecule has 1 aliphatic rings. The maximum atomic E-state index is 12.7. The Balaban J connectivity index is 2.47. The number of ether oxygens (including phenoxy) is 1. The molecule has 1 aromatic rings. The molecular weight excluding hydrogens is 334 g/mol. The average molecular weight is 361 g/mol. The molecule has 26 heavy (non-hydrogen) atoms. The summed E-state index contributed by atoms with van der Waals surface area (Å²) in [6.45, 7) is 6.03. The summed E-state index contributed by atoms with van der Waals surface area (Å²) in [5.41, 5.74) is 0.860. The summed E-state index contributed by atoms with van der Waals surface area (Å²) < 4.78 is 5.45. The van der Waals surface area contributed by atoms with Gasteiger partial charge < -0.3 is 19.8 Å². The van der Waals surface area contributed by atoms with E-state index in [1.165, 1.54) is 0 Å². The number of nitrogens with zero attached hydrogens (tertiary/aromatic N) is 1. The SMILES string of the molecule is CCCCN1C(=O)C(O)=C(C(=O)C(C)C)C1c1cccc(OCCO)c1. The van der Waals surface area contributed by atoms with Crippen LogP contribution in [0.1, 0.15) is 45.2 Å². The fourth-order valence-corrected chi connectivity index (χ4v) is 3.06. The van der Waals surface area contributed by atoms with Crippen LogP contribution in [0.5, 0.6) is 5.75 Å². The van der Waals surface area contributed by atoms with Crippen molar-refractivity contribution < 1.29 is 24.5 Å². The number of aliphatic hydroxyl groups is 2. The number of amides is 1. The lowest BCUT2D eigenvalue weighted by atomic mass is 9.91. The number of hydrogen-bond acceptors (Lipinski definition) is 5. The van der Waals surface area contributed by atoms with Crippen molar-refractivity contribution >= 4 is 11.7 Å². The van der Waals surface area contributed by atoms with Crippen LogP contribution in [0.3, 0.4) is 0 Å². The van der Waals surface area contributed by atoms with Gasteiger partial charge in [-0.1, -0.05) is 39.3 Å². The number of aliphatic hydroxyl groups excluding tert-OH is 2. The van der Waals surface area contributed by atoms with Crippen LogP contribution in [0.2, 0.25) is 0 Å². The van der Waals surface area contributed by atoms with Gasteiger partial charge in [-0.25, -0.2) is 0 Å². The van der Waals surface area contributed by atoms with Crippen LogP contribution in [-0.4, -0.2) is 46.6 Å². The average Bonchev–Trinajstić information content (AvgIpc) is 2.88. The molecule has 1 aliphatic heterocycles. The summed E-state index contributed by atoms with van der Waals surface area (Å²) in [6, 6.07) is 6.46. The number of Topliss-reactive ketones (excluding diaryl/α,β-unsaturated/α-hetero) is 1. The van der Waals surface area contributed by atoms with Gasteiger partial charge in [-0.3, -0.25) is 9.59 Å². The summed E-state index contributed by atoms with van der Waals surface area (Å²) >= 11 is 0. The summed E-state index contributed by atoms with van der Waals surface area (Å²) in [6.07, 6.45) is 1.67. The predicted molar refractivity (Wildman–Crippen MR) is 97.9 cm³/mol. The van der Waals surface area contributed by atoms with Gasteiger partial charge in [0.2, 0.25) is 0 Å². The quantitative estimate of drug-likeness (QED) is 0.706. The van der Waals surface area contributed by atoms with Crippen LogP contribution in [0, 0.1) is 5.92 Å². The van der Waals surface area contributed by atoms with E-state index in [0.29, 0.717) is 17.9 Å². The minimum atomic E-state index is -0.623. The Labute approximate surface area is 154 Å². The van der Waals surface area contributed by atoms with Gasteiger partial charge in [-0.05, 0) is 24.1 Å². The zero-order valence-corrected chi connectivity index (χ0v) is 15.6. The smallest absolute Gasteiger partial charge is 0.290 e. The lowest BCUT2D eigenvalue weighted by Crippen LogP contribution is -2.32. The van der Waals surface area contributed by atoms with Crippen molar-refractivity contribution in [1.82, 2.24) is 4.90 Å². The van der Waals surface area contributed by atoms with Crippen LogP contribution in [0.25, 0.3) is 0 Å². The third-order valence-electron chi connectivity index (χ3n) is 4.38. The summed E-state index contributed by atoms with van der Waals surface area (Å²) in [5.74, 6) is -0.980. The van der Waals surface area contributed by atoms with E-state index < -0.39 is 17.7 Å². The molecule has 0 aromatic heterocycles. The molecule has 0 saturated heterocycles. The Bertz CT molecular complexity index is 695. The van der Waals surface area contributed by atoms with Gasteiger partial charge in [0.05, 0.1) is 18.2 Å². The topological polar surface area (TPSA) is 87.1 Å². The molecule has 1 heterocycles. The van der Waals surface area contributed by atoms with E-state index >= 15 is 0 Å².